The van der Waals surface area contributed by atoms with Crippen LogP contribution < -0.4 is 29.6 Å². The van der Waals surface area contributed by atoms with Crippen molar-refractivity contribution in [2.75, 3.05) is 5.75 Å². The molecular weight excluding hydrogens is 203 g/mol. The molecule has 0 spiro atoms. The van der Waals surface area contributed by atoms with Crippen molar-refractivity contribution in [1.29, 1.82) is 0 Å². The maximum absolute atomic E-state index is 9.91. The topological polar surface area (TPSA) is 57.2 Å². The maximum Gasteiger partial charge on any atom is 1.00 e. The molecule has 0 fully saturated rings. The molecule has 7 heteroatoms. The molecule has 0 aromatic heterocycles. The van der Waals surface area contributed by atoms with E-state index in [1.807, 2.05) is 0 Å². The van der Waals surface area contributed by atoms with Crippen molar-refractivity contribution in [3.63, 3.8) is 0 Å². The van der Waals surface area contributed by atoms with Gasteiger partial charge >= 0.3 is 29.6 Å². The summed E-state index contributed by atoms with van der Waals surface area (Å²) in [5.74, 6) is -0.384. The second-order valence-electron chi connectivity index (χ2n) is 1.53. The molecule has 0 amide bonds. The minimum Gasteiger partial charge on any atom is -0.748 e. The summed E-state index contributed by atoms with van der Waals surface area (Å²) in [5, 5.41) is 0. The number of hydrogen-bond donors (Lipinski definition) is 2. The second kappa shape index (κ2) is 6.16. The third-order valence-electron chi connectivity index (χ3n) is 0.626. The fraction of sp³-hybridized carbons (Fsp3) is 1.00. The van der Waals surface area contributed by atoms with Gasteiger partial charge in [-0.2, -0.15) is 25.3 Å². The summed E-state index contributed by atoms with van der Waals surface area (Å²) >= 11 is 7.54. The first-order chi connectivity index (χ1) is 3.92. The summed E-state index contributed by atoms with van der Waals surface area (Å²) in [5.41, 5.74) is 0. The van der Waals surface area contributed by atoms with E-state index in [-0.39, 0.29) is 46.3 Å². The summed E-state index contributed by atoms with van der Waals surface area (Å²) in [6, 6.07) is 0. The third-order valence-corrected chi connectivity index (χ3v) is 1.88. The van der Waals surface area contributed by atoms with Gasteiger partial charge < -0.3 is 4.55 Å². The minimum absolute atomic E-state index is 0. The van der Waals surface area contributed by atoms with Crippen molar-refractivity contribution in [2.24, 2.45) is 0 Å². The van der Waals surface area contributed by atoms with Crippen LogP contribution in [0.3, 0.4) is 0 Å². The first-order valence-corrected chi connectivity index (χ1v) is 4.82. The molecule has 56 valence electrons. The van der Waals surface area contributed by atoms with Crippen LogP contribution in [0.25, 0.3) is 0 Å². The van der Waals surface area contributed by atoms with Gasteiger partial charge in [-0.05, 0) is 6.42 Å². The van der Waals surface area contributed by atoms with E-state index in [0.29, 0.717) is 0 Å². The Labute approximate surface area is 93.8 Å². The van der Waals surface area contributed by atoms with Gasteiger partial charge in [-0.25, -0.2) is 8.42 Å². The van der Waals surface area contributed by atoms with Crippen LogP contribution >= 0.6 is 25.3 Å². The van der Waals surface area contributed by atoms with E-state index in [1.165, 1.54) is 0 Å². The fourth-order valence-corrected chi connectivity index (χ4v) is 1.38. The van der Waals surface area contributed by atoms with Crippen LogP contribution in [0.4, 0.5) is 0 Å². The molecule has 0 aliphatic heterocycles. The van der Waals surface area contributed by atoms with E-state index in [4.69, 9.17) is 0 Å². The molecule has 0 heterocycles. The van der Waals surface area contributed by atoms with E-state index in [0.717, 1.165) is 0 Å². The summed E-state index contributed by atoms with van der Waals surface area (Å²) < 4.78 is 29.4. The standard InChI is InChI=1S/C3H8O3S3.Na/c4-9(5,6)2-1-3(7)8;/h3,7-8H,1-2H2,(H,4,5,6);/q;+1/p-1. The van der Waals surface area contributed by atoms with Crippen molar-refractivity contribution in [3.05, 3.63) is 0 Å². The molecule has 0 radical (unpaired) electrons. The zero-order chi connectivity index (χ0) is 7.49. The monoisotopic (exact) mass is 210 g/mol. The molecule has 10 heavy (non-hydrogen) atoms. The molecule has 0 aliphatic carbocycles. The quantitative estimate of drug-likeness (QED) is 0.228. The van der Waals surface area contributed by atoms with E-state index in [1.54, 1.807) is 0 Å². The first kappa shape index (κ1) is 14.2. The molecule has 0 saturated heterocycles. The van der Waals surface area contributed by atoms with Crippen LogP contribution in [0.15, 0.2) is 0 Å². The predicted octanol–water partition coefficient (Wildman–Crippen LogP) is -2.89. The number of rotatable bonds is 3. The molecule has 0 atom stereocenters. The average molecular weight is 210 g/mol. The Kier molecular flexibility index (Phi) is 8.72. The smallest absolute Gasteiger partial charge is 0.748 e. The summed E-state index contributed by atoms with van der Waals surface area (Å²) in [6.07, 6.45) is 0.193. The van der Waals surface area contributed by atoms with Gasteiger partial charge in [-0.3, -0.25) is 0 Å². The molecule has 0 rings (SSSR count). The van der Waals surface area contributed by atoms with E-state index in [9.17, 15) is 13.0 Å². The first-order valence-electron chi connectivity index (χ1n) is 2.21. The summed E-state index contributed by atoms with van der Waals surface area (Å²) in [6.45, 7) is 0. The third kappa shape index (κ3) is 12.3. The zero-order valence-electron chi connectivity index (χ0n) is 5.52. The van der Waals surface area contributed by atoms with Crippen LogP contribution in [0.2, 0.25) is 0 Å². The van der Waals surface area contributed by atoms with E-state index < -0.39 is 10.1 Å². The van der Waals surface area contributed by atoms with Crippen LogP contribution in [0.5, 0.6) is 0 Å². The van der Waals surface area contributed by atoms with Crippen molar-refractivity contribution < 1.29 is 42.5 Å². The van der Waals surface area contributed by atoms with Gasteiger partial charge in [0.15, 0.2) is 0 Å². The average Bonchev–Trinajstić information content (AvgIpc) is 1.59. The number of hydrogen-bond acceptors (Lipinski definition) is 5. The molecule has 0 aliphatic rings. The van der Waals surface area contributed by atoms with Crippen LogP contribution in [0, 0.1) is 0 Å². The molecule has 0 N–H and O–H groups in total. The zero-order valence-corrected chi connectivity index (χ0v) is 10.1. The Morgan fingerprint density at radius 2 is 1.80 bits per heavy atom. The second-order valence-corrected chi connectivity index (χ2v) is 4.71. The van der Waals surface area contributed by atoms with Crippen molar-refractivity contribution in [3.8, 4) is 0 Å². The van der Waals surface area contributed by atoms with Gasteiger partial charge in [0.25, 0.3) is 0 Å². The van der Waals surface area contributed by atoms with Crippen LogP contribution in [-0.4, -0.2) is 23.3 Å². The Bertz CT molecular complexity index is 164. The molecule has 0 saturated carbocycles. The van der Waals surface area contributed by atoms with E-state index in [2.05, 4.69) is 25.3 Å². The van der Waals surface area contributed by atoms with Gasteiger partial charge in [0.2, 0.25) is 0 Å². The maximum atomic E-state index is 9.91. The Hall–Kier alpha value is 1.61. The van der Waals surface area contributed by atoms with Crippen molar-refractivity contribution in [1.82, 2.24) is 0 Å². The number of thiol groups is 2. The summed E-state index contributed by atoms with van der Waals surface area (Å²) in [7, 11) is -4.07. The largest absolute Gasteiger partial charge is 1.00 e. The van der Waals surface area contributed by atoms with Gasteiger partial charge in [0, 0.05) is 10.3 Å². The van der Waals surface area contributed by atoms with Crippen LogP contribution in [-0.2, 0) is 10.1 Å². The Balaban J connectivity index is 0. The molecule has 3 nitrogen and oxygen atoms in total. The molecule has 0 bridgehead atoms. The summed E-state index contributed by atoms with van der Waals surface area (Å²) in [4.78, 5) is 0. The minimum atomic E-state index is -4.07. The molecule has 0 aromatic carbocycles. The van der Waals surface area contributed by atoms with Crippen LogP contribution in [0.1, 0.15) is 6.42 Å². The fourth-order valence-electron chi connectivity index (χ4n) is 0.250. The SMILES string of the molecule is O=S(=O)([O-])CCC(S)S.[Na+]. The molecular formula is C3H7NaO3S3. The van der Waals surface area contributed by atoms with Gasteiger partial charge in [0.1, 0.15) is 0 Å². The van der Waals surface area contributed by atoms with Gasteiger partial charge in [-0.1, -0.05) is 0 Å². The normalized spacial score (nSPS) is 11.2. The Morgan fingerprint density at radius 3 is 1.90 bits per heavy atom. The van der Waals surface area contributed by atoms with Gasteiger partial charge in [-0.15, -0.1) is 0 Å². The van der Waals surface area contributed by atoms with Crippen molar-refractivity contribution in [2.45, 2.75) is 11.0 Å². The molecule has 0 aromatic rings. The van der Waals surface area contributed by atoms with Gasteiger partial charge in [0.05, 0.1) is 10.1 Å². The van der Waals surface area contributed by atoms with E-state index >= 15 is 0 Å². The Morgan fingerprint density at radius 1 is 1.40 bits per heavy atom. The predicted molar refractivity (Wildman–Crippen MR) is 40.9 cm³/mol. The van der Waals surface area contributed by atoms with Crippen molar-refractivity contribution >= 4 is 35.4 Å². The molecule has 0 unspecified atom stereocenters.